The van der Waals surface area contributed by atoms with Gasteiger partial charge in [0.15, 0.2) is 4.60 Å². The minimum absolute atomic E-state index is 0.0697. The molecule has 0 radical (unpaired) electrons. The van der Waals surface area contributed by atoms with E-state index >= 15 is 0 Å². The summed E-state index contributed by atoms with van der Waals surface area (Å²) < 4.78 is 7.52. The van der Waals surface area contributed by atoms with Gasteiger partial charge in [0.05, 0.1) is 6.61 Å². The van der Waals surface area contributed by atoms with Gasteiger partial charge in [-0.3, -0.25) is 9.69 Å². The summed E-state index contributed by atoms with van der Waals surface area (Å²) in [4.78, 5) is 14.6. The van der Waals surface area contributed by atoms with E-state index in [1.807, 2.05) is 0 Å². The third kappa shape index (κ3) is 2.62. The zero-order chi connectivity index (χ0) is 13.3. The first kappa shape index (κ1) is 13.6. The van der Waals surface area contributed by atoms with Gasteiger partial charge in [-0.1, -0.05) is 5.21 Å². The van der Waals surface area contributed by atoms with Gasteiger partial charge in [-0.05, 0) is 29.8 Å². The summed E-state index contributed by atoms with van der Waals surface area (Å²) in [6, 6.07) is 0.414. The predicted molar refractivity (Wildman–Crippen MR) is 69.5 cm³/mol. The SMILES string of the molecule is CC(C)N1CCOC(C(=O)c2c(Br)nnn2C)C1. The third-order valence-corrected chi connectivity index (χ3v) is 3.67. The molecule has 0 aliphatic carbocycles. The van der Waals surface area contributed by atoms with Gasteiger partial charge in [0.2, 0.25) is 5.78 Å². The Bertz CT molecular complexity index is 427. The molecule has 0 amide bonds. The Hall–Kier alpha value is -0.790. The van der Waals surface area contributed by atoms with E-state index < -0.39 is 6.10 Å². The van der Waals surface area contributed by atoms with Crippen molar-refractivity contribution in [3.05, 3.63) is 10.3 Å². The Morgan fingerprint density at radius 3 is 2.83 bits per heavy atom. The average Bonchev–Trinajstić information content (AvgIpc) is 2.68. The number of ketones is 1. The fraction of sp³-hybridized carbons (Fsp3) is 0.727. The molecule has 7 heteroatoms. The molecule has 2 heterocycles. The first-order valence-corrected chi connectivity index (χ1v) is 6.75. The number of carbonyl (C=O) groups is 1. The van der Waals surface area contributed by atoms with Crippen molar-refractivity contribution in [2.75, 3.05) is 19.7 Å². The van der Waals surface area contributed by atoms with Gasteiger partial charge in [0.25, 0.3) is 0 Å². The Balaban J connectivity index is 2.14. The summed E-state index contributed by atoms with van der Waals surface area (Å²) >= 11 is 3.24. The molecule has 1 aromatic heterocycles. The summed E-state index contributed by atoms with van der Waals surface area (Å²) in [6.45, 7) is 6.31. The molecule has 100 valence electrons. The van der Waals surface area contributed by atoms with Crippen LogP contribution in [0.15, 0.2) is 4.60 Å². The Morgan fingerprint density at radius 1 is 1.56 bits per heavy atom. The lowest BCUT2D eigenvalue weighted by atomic mass is 10.1. The molecule has 1 saturated heterocycles. The van der Waals surface area contributed by atoms with Crippen LogP contribution in [-0.4, -0.2) is 57.5 Å². The molecule has 1 aliphatic rings. The number of aromatic nitrogens is 3. The van der Waals surface area contributed by atoms with Crippen molar-refractivity contribution in [1.29, 1.82) is 0 Å². The van der Waals surface area contributed by atoms with Crippen LogP contribution in [0, 0.1) is 0 Å². The highest BCUT2D eigenvalue weighted by molar-refractivity contribution is 9.10. The monoisotopic (exact) mass is 316 g/mol. The highest BCUT2D eigenvalue weighted by atomic mass is 79.9. The number of halogens is 1. The summed E-state index contributed by atoms with van der Waals surface area (Å²) in [5.74, 6) is -0.0697. The molecule has 1 unspecified atom stereocenters. The van der Waals surface area contributed by atoms with Crippen LogP contribution in [0.1, 0.15) is 24.3 Å². The van der Waals surface area contributed by atoms with Gasteiger partial charge in [0, 0.05) is 26.2 Å². The Kier molecular flexibility index (Phi) is 4.14. The number of hydrogen-bond acceptors (Lipinski definition) is 5. The van der Waals surface area contributed by atoms with E-state index in [1.54, 1.807) is 7.05 Å². The van der Waals surface area contributed by atoms with Gasteiger partial charge in [0.1, 0.15) is 11.8 Å². The van der Waals surface area contributed by atoms with Crippen LogP contribution in [0.5, 0.6) is 0 Å². The van der Waals surface area contributed by atoms with Crippen molar-refractivity contribution in [1.82, 2.24) is 19.9 Å². The zero-order valence-corrected chi connectivity index (χ0v) is 12.3. The number of nitrogens with zero attached hydrogens (tertiary/aromatic N) is 4. The van der Waals surface area contributed by atoms with Gasteiger partial charge in [-0.15, -0.1) is 5.10 Å². The maximum absolute atomic E-state index is 12.4. The highest BCUT2D eigenvalue weighted by Crippen LogP contribution is 2.18. The van der Waals surface area contributed by atoms with Crippen LogP contribution in [0.2, 0.25) is 0 Å². The Labute approximate surface area is 114 Å². The fourth-order valence-corrected chi connectivity index (χ4v) is 2.57. The minimum atomic E-state index is -0.436. The first-order valence-electron chi connectivity index (χ1n) is 5.95. The molecule has 1 aliphatic heterocycles. The van der Waals surface area contributed by atoms with Gasteiger partial charge in [-0.25, -0.2) is 4.68 Å². The quantitative estimate of drug-likeness (QED) is 0.774. The molecule has 1 aromatic rings. The number of hydrogen-bond donors (Lipinski definition) is 0. The summed E-state index contributed by atoms with van der Waals surface area (Å²) in [7, 11) is 1.70. The molecule has 1 fully saturated rings. The number of carbonyl (C=O) groups excluding carboxylic acids is 1. The van der Waals surface area contributed by atoms with E-state index in [-0.39, 0.29) is 5.78 Å². The maximum Gasteiger partial charge on any atom is 0.213 e. The van der Waals surface area contributed by atoms with Crippen LogP contribution in [-0.2, 0) is 11.8 Å². The van der Waals surface area contributed by atoms with Crippen LogP contribution in [0.25, 0.3) is 0 Å². The van der Waals surface area contributed by atoms with Crippen molar-refractivity contribution in [2.45, 2.75) is 26.0 Å². The van der Waals surface area contributed by atoms with Gasteiger partial charge >= 0.3 is 0 Å². The van der Waals surface area contributed by atoms with Crippen molar-refractivity contribution in [3.63, 3.8) is 0 Å². The normalized spacial score (nSPS) is 21.5. The molecule has 0 bridgehead atoms. The number of Topliss-reactive ketones (excluding diaryl/α,β-unsaturated/α-hetero) is 1. The molecule has 2 rings (SSSR count). The topological polar surface area (TPSA) is 60.2 Å². The van der Waals surface area contributed by atoms with Crippen molar-refractivity contribution in [3.8, 4) is 0 Å². The summed E-state index contributed by atoms with van der Waals surface area (Å²) in [5, 5.41) is 7.64. The average molecular weight is 317 g/mol. The van der Waals surface area contributed by atoms with Crippen LogP contribution >= 0.6 is 15.9 Å². The second kappa shape index (κ2) is 5.46. The van der Waals surface area contributed by atoms with E-state index in [0.29, 0.717) is 29.5 Å². The van der Waals surface area contributed by atoms with E-state index in [4.69, 9.17) is 4.74 Å². The minimum Gasteiger partial charge on any atom is -0.367 e. The van der Waals surface area contributed by atoms with Crippen LogP contribution in [0.3, 0.4) is 0 Å². The largest absolute Gasteiger partial charge is 0.367 e. The second-order valence-electron chi connectivity index (χ2n) is 4.66. The standard InChI is InChI=1S/C11H17BrN4O2/c1-7(2)16-4-5-18-8(6-16)10(17)9-11(12)13-14-15(9)3/h7-8H,4-6H2,1-3H3. The van der Waals surface area contributed by atoms with Gasteiger partial charge < -0.3 is 4.74 Å². The van der Waals surface area contributed by atoms with E-state index in [9.17, 15) is 4.79 Å². The van der Waals surface area contributed by atoms with E-state index in [1.165, 1.54) is 4.68 Å². The highest BCUT2D eigenvalue weighted by Gasteiger charge is 2.31. The van der Waals surface area contributed by atoms with Crippen molar-refractivity contribution < 1.29 is 9.53 Å². The molecule has 18 heavy (non-hydrogen) atoms. The first-order chi connectivity index (χ1) is 8.50. The molecular formula is C11H17BrN4O2. The van der Waals surface area contributed by atoms with Crippen LogP contribution < -0.4 is 0 Å². The molecular weight excluding hydrogens is 300 g/mol. The lowest BCUT2D eigenvalue weighted by molar-refractivity contribution is -0.0260. The van der Waals surface area contributed by atoms with Crippen molar-refractivity contribution in [2.24, 2.45) is 7.05 Å². The van der Waals surface area contributed by atoms with Crippen LogP contribution in [0.4, 0.5) is 0 Å². The zero-order valence-electron chi connectivity index (χ0n) is 10.8. The Morgan fingerprint density at radius 2 is 2.28 bits per heavy atom. The maximum atomic E-state index is 12.4. The predicted octanol–water partition coefficient (Wildman–Crippen LogP) is 0.869. The lowest BCUT2D eigenvalue weighted by Crippen LogP contribution is -2.49. The molecule has 6 nitrogen and oxygen atoms in total. The molecule has 0 spiro atoms. The molecule has 0 aromatic carbocycles. The fourth-order valence-electron chi connectivity index (χ4n) is 2.04. The van der Waals surface area contributed by atoms with Gasteiger partial charge in [-0.2, -0.15) is 0 Å². The molecule has 0 saturated carbocycles. The van der Waals surface area contributed by atoms with E-state index in [2.05, 4.69) is 45.0 Å². The summed E-state index contributed by atoms with van der Waals surface area (Å²) in [5.41, 5.74) is 0.464. The smallest absolute Gasteiger partial charge is 0.213 e. The summed E-state index contributed by atoms with van der Waals surface area (Å²) in [6.07, 6.45) is -0.436. The number of rotatable bonds is 3. The number of morpholine rings is 1. The number of aryl methyl sites for hydroxylation is 1. The lowest BCUT2D eigenvalue weighted by Gasteiger charge is -2.34. The molecule has 1 atom stereocenters. The number of ether oxygens (including phenoxy) is 1. The van der Waals surface area contributed by atoms with E-state index in [0.717, 1.165) is 6.54 Å². The molecule has 0 N–H and O–H groups in total. The van der Waals surface area contributed by atoms with Crippen molar-refractivity contribution >= 4 is 21.7 Å². The third-order valence-electron chi connectivity index (χ3n) is 3.14. The second-order valence-corrected chi connectivity index (χ2v) is 5.42.